The van der Waals surface area contributed by atoms with Gasteiger partial charge in [0.05, 0.1) is 12.6 Å². The summed E-state index contributed by atoms with van der Waals surface area (Å²) in [5.74, 6) is -0.735. The fourth-order valence-electron chi connectivity index (χ4n) is 2.47. The number of amides is 2. The fourth-order valence-corrected chi connectivity index (χ4v) is 2.47. The molecule has 2 rings (SSSR count). The maximum atomic E-state index is 12.5. The number of ether oxygens (including phenoxy) is 1. The van der Waals surface area contributed by atoms with Gasteiger partial charge in [0.25, 0.3) is 5.91 Å². The standard InChI is InChI=1S/C15H21N3O3/c16-8-12-6-7-13(21-12)15(20)18(10-14(17)19)9-11-4-2-1-3-5-11/h1-5,12-13H,6-10,16H2,(H2,17,19)/t12-,13+/m1/s1. The molecule has 0 aromatic heterocycles. The number of carbonyl (C=O) groups is 2. The normalized spacial score (nSPS) is 21.2. The predicted molar refractivity (Wildman–Crippen MR) is 78.0 cm³/mol. The van der Waals surface area contributed by atoms with Gasteiger partial charge in [-0.15, -0.1) is 0 Å². The SMILES string of the molecule is NC[C@H]1CC[C@@H](C(=O)N(CC(N)=O)Cc2ccccc2)O1. The Morgan fingerprint density at radius 2 is 1.95 bits per heavy atom. The first-order chi connectivity index (χ1) is 10.1. The molecule has 2 amide bonds. The van der Waals surface area contributed by atoms with Gasteiger partial charge < -0.3 is 21.1 Å². The number of benzene rings is 1. The third kappa shape index (κ3) is 4.27. The van der Waals surface area contributed by atoms with E-state index in [0.29, 0.717) is 19.5 Å². The highest BCUT2D eigenvalue weighted by molar-refractivity contribution is 5.86. The van der Waals surface area contributed by atoms with Crippen LogP contribution < -0.4 is 11.5 Å². The van der Waals surface area contributed by atoms with Crippen molar-refractivity contribution >= 4 is 11.8 Å². The van der Waals surface area contributed by atoms with Crippen molar-refractivity contribution in [2.24, 2.45) is 11.5 Å². The zero-order valence-electron chi connectivity index (χ0n) is 11.9. The molecule has 6 heteroatoms. The predicted octanol–water partition coefficient (Wildman–Crippen LogP) is 0.00680. The van der Waals surface area contributed by atoms with E-state index >= 15 is 0 Å². The number of rotatable bonds is 6. The van der Waals surface area contributed by atoms with E-state index in [1.54, 1.807) is 0 Å². The van der Waals surface area contributed by atoms with E-state index in [1.165, 1.54) is 4.90 Å². The van der Waals surface area contributed by atoms with Crippen LogP contribution in [0.3, 0.4) is 0 Å². The third-order valence-electron chi connectivity index (χ3n) is 3.52. The van der Waals surface area contributed by atoms with Crippen LogP contribution in [0.2, 0.25) is 0 Å². The summed E-state index contributed by atoms with van der Waals surface area (Å²) in [6, 6.07) is 9.48. The molecule has 21 heavy (non-hydrogen) atoms. The van der Waals surface area contributed by atoms with E-state index in [1.807, 2.05) is 30.3 Å². The molecule has 1 aliphatic heterocycles. The van der Waals surface area contributed by atoms with Crippen LogP contribution in [0.15, 0.2) is 30.3 Å². The van der Waals surface area contributed by atoms with Gasteiger partial charge in [0.15, 0.2) is 0 Å². The van der Waals surface area contributed by atoms with Gasteiger partial charge in [-0.25, -0.2) is 0 Å². The minimum Gasteiger partial charge on any atom is -0.368 e. The van der Waals surface area contributed by atoms with Crippen LogP contribution in [0, 0.1) is 0 Å². The highest BCUT2D eigenvalue weighted by Gasteiger charge is 2.33. The van der Waals surface area contributed by atoms with E-state index in [-0.39, 0.29) is 18.6 Å². The second-order valence-corrected chi connectivity index (χ2v) is 5.21. The molecule has 1 aromatic rings. The molecule has 0 saturated carbocycles. The summed E-state index contributed by atoms with van der Waals surface area (Å²) in [7, 11) is 0. The molecule has 1 aliphatic rings. The summed E-state index contributed by atoms with van der Waals surface area (Å²) in [5, 5.41) is 0. The van der Waals surface area contributed by atoms with Crippen LogP contribution in [0.1, 0.15) is 18.4 Å². The lowest BCUT2D eigenvalue weighted by molar-refractivity contribution is -0.145. The average Bonchev–Trinajstić information content (AvgIpc) is 2.95. The van der Waals surface area contributed by atoms with Gasteiger partial charge in [0, 0.05) is 13.1 Å². The molecule has 6 nitrogen and oxygen atoms in total. The highest BCUT2D eigenvalue weighted by atomic mass is 16.5. The van der Waals surface area contributed by atoms with Crippen molar-refractivity contribution in [1.29, 1.82) is 0 Å². The lowest BCUT2D eigenvalue weighted by Gasteiger charge is -2.24. The van der Waals surface area contributed by atoms with Gasteiger partial charge in [0.2, 0.25) is 5.91 Å². The molecule has 0 aliphatic carbocycles. The van der Waals surface area contributed by atoms with Crippen molar-refractivity contribution in [3.05, 3.63) is 35.9 Å². The van der Waals surface area contributed by atoms with E-state index in [4.69, 9.17) is 16.2 Å². The molecule has 1 aromatic carbocycles. The van der Waals surface area contributed by atoms with Gasteiger partial charge in [-0.1, -0.05) is 30.3 Å². The molecular formula is C15H21N3O3. The topological polar surface area (TPSA) is 98.7 Å². The van der Waals surface area contributed by atoms with Crippen LogP contribution >= 0.6 is 0 Å². The number of hydrogen-bond donors (Lipinski definition) is 2. The van der Waals surface area contributed by atoms with Crippen molar-refractivity contribution in [3.8, 4) is 0 Å². The quantitative estimate of drug-likeness (QED) is 0.771. The van der Waals surface area contributed by atoms with Gasteiger partial charge >= 0.3 is 0 Å². The molecule has 0 spiro atoms. The third-order valence-corrected chi connectivity index (χ3v) is 3.52. The molecule has 0 radical (unpaired) electrons. The van der Waals surface area contributed by atoms with E-state index in [2.05, 4.69) is 0 Å². The van der Waals surface area contributed by atoms with Crippen molar-refractivity contribution in [3.63, 3.8) is 0 Å². The number of hydrogen-bond acceptors (Lipinski definition) is 4. The van der Waals surface area contributed by atoms with E-state index in [0.717, 1.165) is 12.0 Å². The monoisotopic (exact) mass is 291 g/mol. The zero-order chi connectivity index (χ0) is 15.2. The summed E-state index contributed by atoms with van der Waals surface area (Å²) in [5.41, 5.74) is 11.7. The van der Waals surface area contributed by atoms with E-state index < -0.39 is 12.0 Å². The second-order valence-electron chi connectivity index (χ2n) is 5.21. The summed E-state index contributed by atoms with van der Waals surface area (Å²) in [4.78, 5) is 25.2. The number of nitrogens with two attached hydrogens (primary N) is 2. The van der Waals surface area contributed by atoms with Gasteiger partial charge in [-0.2, -0.15) is 0 Å². The molecule has 1 saturated heterocycles. The van der Waals surface area contributed by atoms with Crippen LogP contribution in [0.25, 0.3) is 0 Å². The Morgan fingerprint density at radius 3 is 2.52 bits per heavy atom. The lowest BCUT2D eigenvalue weighted by atomic mass is 10.1. The zero-order valence-corrected chi connectivity index (χ0v) is 11.9. The number of nitrogens with zero attached hydrogens (tertiary/aromatic N) is 1. The van der Waals surface area contributed by atoms with Crippen LogP contribution in [0.5, 0.6) is 0 Å². The van der Waals surface area contributed by atoms with Crippen molar-refractivity contribution in [2.45, 2.75) is 31.6 Å². The van der Waals surface area contributed by atoms with Crippen molar-refractivity contribution in [1.82, 2.24) is 4.90 Å². The van der Waals surface area contributed by atoms with Gasteiger partial charge in [-0.05, 0) is 18.4 Å². The van der Waals surface area contributed by atoms with Gasteiger partial charge in [-0.3, -0.25) is 9.59 Å². The first-order valence-corrected chi connectivity index (χ1v) is 7.06. The molecule has 1 fully saturated rings. The minimum atomic E-state index is -0.535. The smallest absolute Gasteiger partial charge is 0.252 e. The molecule has 1 heterocycles. The summed E-state index contributed by atoms with van der Waals surface area (Å²) in [6.45, 7) is 0.634. The van der Waals surface area contributed by atoms with E-state index in [9.17, 15) is 9.59 Å². The Labute approximate surface area is 124 Å². The van der Waals surface area contributed by atoms with Crippen LogP contribution in [0.4, 0.5) is 0 Å². The van der Waals surface area contributed by atoms with Crippen LogP contribution in [-0.2, 0) is 20.9 Å². The summed E-state index contributed by atoms with van der Waals surface area (Å²) in [6.07, 6.45) is 0.792. The first kappa shape index (κ1) is 15.5. The molecular weight excluding hydrogens is 270 g/mol. The maximum Gasteiger partial charge on any atom is 0.252 e. The highest BCUT2D eigenvalue weighted by Crippen LogP contribution is 2.21. The summed E-state index contributed by atoms with van der Waals surface area (Å²) >= 11 is 0. The Bertz CT molecular complexity index is 492. The molecule has 4 N–H and O–H groups in total. The average molecular weight is 291 g/mol. The molecule has 0 unspecified atom stereocenters. The molecule has 2 atom stereocenters. The fraction of sp³-hybridized carbons (Fsp3) is 0.467. The first-order valence-electron chi connectivity index (χ1n) is 7.06. The van der Waals surface area contributed by atoms with Gasteiger partial charge in [0.1, 0.15) is 6.10 Å². The maximum absolute atomic E-state index is 12.5. The van der Waals surface area contributed by atoms with Crippen LogP contribution in [-0.4, -0.2) is 42.0 Å². The van der Waals surface area contributed by atoms with Crippen molar-refractivity contribution < 1.29 is 14.3 Å². The lowest BCUT2D eigenvalue weighted by Crippen LogP contribution is -2.43. The Kier molecular flexibility index (Phi) is 5.30. The number of carbonyl (C=O) groups excluding carboxylic acids is 2. The summed E-state index contributed by atoms with van der Waals surface area (Å²) < 4.78 is 5.60. The Morgan fingerprint density at radius 1 is 1.24 bits per heavy atom. The van der Waals surface area contributed by atoms with Crippen molar-refractivity contribution in [2.75, 3.05) is 13.1 Å². The Hall–Kier alpha value is -1.92. The molecule has 114 valence electrons. The number of primary amides is 1. The minimum absolute atomic E-state index is 0.0777. The second kappa shape index (κ2) is 7.19. The molecule has 0 bridgehead atoms. The Balaban J connectivity index is 2.05. The largest absolute Gasteiger partial charge is 0.368 e.